The van der Waals surface area contributed by atoms with Crippen molar-refractivity contribution in [2.24, 2.45) is 0 Å². The minimum atomic E-state index is 0.530. The summed E-state index contributed by atoms with van der Waals surface area (Å²) in [4.78, 5) is 0. The van der Waals surface area contributed by atoms with Crippen LogP contribution < -0.4 is 10.6 Å². The molecule has 2 aromatic heterocycles. The van der Waals surface area contributed by atoms with Crippen LogP contribution in [0.4, 0.5) is 5.69 Å². The maximum absolute atomic E-state index is 6.22. The zero-order chi connectivity index (χ0) is 19.4. The third-order valence-electron chi connectivity index (χ3n) is 4.18. The number of nitrogens with zero attached hydrogens (tertiary/aromatic N) is 4. The van der Waals surface area contributed by atoms with Crippen LogP contribution in [0.2, 0.25) is 10.0 Å². The summed E-state index contributed by atoms with van der Waals surface area (Å²) in [6, 6.07) is 5.43. The van der Waals surface area contributed by atoms with Crippen molar-refractivity contribution in [2.45, 2.75) is 33.5 Å². The number of benzene rings is 1. The number of thiocarbonyl (C=S) groups is 1. The predicted molar refractivity (Wildman–Crippen MR) is 113 cm³/mol. The monoisotopic (exact) mass is 422 g/mol. The van der Waals surface area contributed by atoms with Crippen molar-refractivity contribution in [3.63, 3.8) is 0 Å². The van der Waals surface area contributed by atoms with Gasteiger partial charge in [0, 0.05) is 40.6 Å². The van der Waals surface area contributed by atoms with Gasteiger partial charge in [-0.05, 0) is 43.8 Å². The summed E-state index contributed by atoms with van der Waals surface area (Å²) in [5, 5.41) is 16.8. The highest BCUT2D eigenvalue weighted by atomic mass is 35.5. The number of rotatable bonds is 6. The molecule has 0 radical (unpaired) electrons. The Balaban J connectivity index is 1.55. The fourth-order valence-corrected chi connectivity index (χ4v) is 3.33. The molecule has 0 fully saturated rings. The Kier molecular flexibility index (Phi) is 6.36. The average molecular weight is 423 g/mol. The molecule has 0 amide bonds. The number of hydrogen-bond donors (Lipinski definition) is 2. The number of aromatic nitrogens is 4. The van der Waals surface area contributed by atoms with Crippen LogP contribution >= 0.6 is 35.4 Å². The molecule has 2 heterocycles. The number of anilines is 1. The fraction of sp³-hybridized carbons (Fsp3) is 0.278. The first-order valence-corrected chi connectivity index (χ1v) is 9.65. The van der Waals surface area contributed by atoms with Crippen molar-refractivity contribution in [1.29, 1.82) is 0 Å². The first-order chi connectivity index (χ1) is 13.0. The van der Waals surface area contributed by atoms with E-state index >= 15 is 0 Å². The van der Waals surface area contributed by atoms with E-state index in [0.29, 0.717) is 28.2 Å². The summed E-state index contributed by atoms with van der Waals surface area (Å²) >= 11 is 17.5. The van der Waals surface area contributed by atoms with Crippen LogP contribution in [-0.2, 0) is 19.6 Å². The smallest absolute Gasteiger partial charge is 0.171 e. The van der Waals surface area contributed by atoms with E-state index in [1.165, 1.54) is 0 Å². The second-order valence-corrected chi connectivity index (χ2v) is 7.29. The Bertz CT molecular complexity index is 949. The summed E-state index contributed by atoms with van der Waals surface area (Å²) < 4.78 is 3.74. The van der Waals surface area contributed by atoms with E-state index in [9.17, 15) is 0 Å². The van der Waals surface area contributed by atoms with E-state index in [-0.39, 0.29) is 0 Å². The summed E-state index contributed by atoms with van der Waals surface area (Å²) in [6.07, 6.45) is 5.46. The number of halogens is 2. The second-order valence-electron chi connectivity index (χ2n) is 6.04. The van der Waals surface area contributed by atoms with Gasteiger partial charge in [0.1, 0.15) is 0 Å². The Morgan fingerprint density at radius 1 is 1.19 bits per heavy atom. The van der Waals surface area contributed by atoms with Gasteiger partial charge in [0.2, 0.25) is 0 Å². The van der Waals surface area contributed by atoms with Gasteiger partial charge >= 0.3 is 0 Å². The molecule has 27 heavy (non-hydrogen) atoms. The lowest BCUT2D eigenvalue weighted by atomic mass is 10.2. The minimum Gasteiger partial charge on any atom is -0.358 e. The molecule has 0 atom stereocenters. The third-order valence-corrected chi connectivity index (χ3v) is 5.02. The van der Waals surface area contributed by atoms with E-state index in [4.69, 9.17) is 35.4 Å². The van der Waals surface area contributed by atoms with Crippen molar-refractivity contribution < 1.29 is 0 Å². The summed E-state index contributed by atoms with van der Waals surface area (Å²) in [5.74, 6) is 0. The molecule has 0 saturated heterocycles. The molecule has 0 saturated carbocycles. The number of aryl methyl sites for hydroxylation is 1. The van der Waals surface area contributed by atoms with E-state index in [1.54, 1.807) is 16.9 Å². The van der Waals surface area contributed by atoms with Gasteiger partial charge in [-0.15, -0.1) is 0 Å². The van der Waals surface area contributed by atoms with Gasteiger partial charge in [-0.1, -0.05) is 29.3 Å². The second kappa shape index (κ2) is 8.73. The summed E-state index contributed by atoms with van der Waals surface area (Å²) in [6.45, 7) is 6.14. The lowest BCUT2D eigenvalue weighted by molar-refractivity contribution is 0.638. The van der Waals surface area contributed by atoms with Crippen molar-refractivity contribution in [3.8, 4) is 0 Å². The molecule has 6 nitrogen and oxygen atoms in total. The van der Waals surface area contributed by atoms with Gasteiger partial charge in [0.15, 0.2) is 5.11 Å². The standard InChI is InChI=1S/C18H20Cl2N6S/c1-3-26-12(2)14(8-23-26)7-21-18(27)24-16-9-22-25(11-16)10-13-4-5-15(19)6-17(13)20/h4-6,8-9,11H,3,7,10H2,1-2H3,(H2,21,24,27). The van der Waals surface area contributed by atoms with Gasteiger partial charge in [-0.2, -0.15) is 10.2 Å². The number of hydrogen-bond acceptors (Lipinski definition) is 3. The summed E-state index contributed by atoms with van der Waals surface area (Å²) in [7, 11) is 0. The zero-order valence-corrected chi connectivity index (χ0v) is 17.4. The average Bonchev–Trinajstić information content (AvgIpc) is 3.21. The molecule has 0 aliphatic heterocycles. The van der Waals surface area contributed by atoms with E-state index in [0.717, 1.165) is 29.1 Å². The van der Waals surface area contributed by atoms with E-state index < -0.39 is 0 Å². The Hall–Kier alpha value is -2.09. The molecule has 142 valence electrons. The molecular weight excluding hydrogens is 403 g/mol. The Morgan fingerprint density at radius 3 is 2.70 bits per heavy atom. The third kappa shape index (κ3) is 5.00. The molecule has 0 aliphatic carbocycles. The van der Waals surface area contributed by atoms with Gasteiger partial charge in [0.05, 0.1) is 24.6 Å². The predicted octanol–water partition coefficient (Wildman–Crippen LogP) is 4.25. The van der Waals surface area contributed by atoms with Crippen LogP contribution in [0.15, 0.2) is 36.8 Å². The van der Waals surface area contributed by atoms with E-state index in [1.807, 2.05) is 29.2 Å². The van der Waals surface area contributed by atoms with Crippen LogP contribution in [0.25, 0.3) is 0 Å². The lowest BCUT2D eigenvalue weighted by Gasteiger charge is -2.09. The maximum atomic E-state index is 6.22. The molecule has 0 bridgehead atoms. The van der Waals surface area contributed by atoms with Gasteiger partial charge in [-0.3, -0.25) is 9.36 Å². The van der Waals surface area contributed by atoms with Crippen molar-refractivity contribution in [2.75, 3.05) is 5.32 Å². The van der Waals surface area contributed by atoms with Crippen molar-refractivity contribution in [1.82, 2.24) is 24.9 Å². The SMILES string of the molecule is CCn1ncc(CNC(=S)Nc2cnn(Cc3ccc(Cl)cc3Cl)c2)c1C. The van der Waals surface area contributed by atoms with Gasteiger partial charge < -0.3 is 10.6 Å². The van der Waals surface area contributed by atoms with E-state index in [2.05, 4.69) is 34.7 Å². The molecule has 1 aromatic carbocycles. The van der Waals surface area contributed by atoms with Crippen LogP contribution in [0, 0.1) is 6.92 Å². The lowest BCUT2D eigenvalue weighted by Crippen LogP contribution is -2.27. The van der Waals surface area contributed by atoms with Crippen LogP contribution in [0.3, 0.4) is 0 Å². The van der Waals surface area contributed by atoms with Crippen molar-refractivity contribution in [3.05, 3.63) is 63.7 Å². The summed E-state index contributed by atoms with van der Waals surface area (Å²) in [5.41, 5.74) is 4.01. The minimum absolute atomic E-state index is 0.530. The maximum Gasteiger partial charge on any atom is 0.171 e. The molecule has 0 spiro atoms. The fourth-order valence-electron chi connectivity index (χ4n) is 2.67. The van der Waals surface area contributed by atoms with Gasteiger partial charge in [-0.25, -0.2) is 0 Å². The first-order valence-electron chi connectivity index (χ1n) is 8.48. The zero-order valence-electron chi connectivity index (χ0n) is 15.0. The highest BCUT2D eigenvalue weighted by Gasteiger charge is 2.08. The normalized spacial score (nSPS) is 10.8. The van der Waals surface area contributed by atoms with Gasteiger partial charge in [0.25, 0.3) is 0 Å². The molecule has 3 rings (SSSR count). The molecule has 3 aromatic rings. The van der Waals surface area contributed by atoms with Crippen LogP contribution in [0.5, 0.6) is 0 Å². The largest absolute Gasteiger partial charge is 0.358 e. The highest BCUT2D eigenvalue weighted by Crippen LogP contribution is 2.22. The number of nitrogens with one attached hydrogen (secondary N) is 2. The van der Waals surface area contributed by atoms with Crippen LogP contribution in [0.1, 0.15) is 23.7 Å². The first kappa shape index (κ1) is 19.7. The molecule has 2 N–H and O–H groups in total. The molecular formula is C18H20Cl2N6S. The molecule has 0 unspecified atom stereocenters. The Morgan fingerprint density at radius 2 is 2.00 bits per heavy atom. The molecule has 0 aliphatic rings. The quantitative estimate of drug-likeness (QED) is 0.581. The molecule has 9 heteroatoms. The topological polar surface area (TPSA) is 59.7 Å². The Labute approximate surface area is 173 Å². The van der Waals surface area contributed by atoms with Crippen molar-refractivity contribution >= 4 is 46.2 Å². The van der Waals surface area contributed by atoms with Crippen LogP contribution in [-0.4, -0.2) is 24.7 Å². The highest BCUT2D eigenvalue weighted by molar-refractivity contribution is 7.80.